The highest BCUT2D eigenvalue weighted by molar-refractivity contribution is 5.60. The summed E-state index contributed by atoms with van der Waals surface area (Å²) >= 11 is 0. The van der Waals surface area contributed by atoms with E-state index in [9.17, 15) is 4.39 Å². The lowest BCUT2D eigenvalue weighted by Crippen LogP contribution is -2.46. The molecule has 1 N–H and O–H groups in total. The number of hydrogen-bond donors (Lipinski definition) is 1. The van der Waals surface area contributed by atoms with Crippen LogP contribution in [0.15, 0.2) is 18.2 Å². The van der Waals surface area contributed by atoms with Gasteiger partial charge in [-0.2, -0.15) is 0 Å². The number of nitrogens with one attached hydrogen (secondary N) is 1. The van der Waals surface area contributed by atoms with Gasteiger partial charge < -0.3 is 15.0 Å². The zero-order chi connectivity index (χ0) is 15.9. The first-order chi connectivity index (χ1) is 11.2. The zero-order valence-corrected chi connectivity index (χ0v) is 14.0. The van der Waals surface area contributed by atoms with Gasteiger partial charge >= 0.3 is 0 Å². The third-order valence-corrected chi connectivity index (χ3v) is 6.13. The van der Waals surface area contributed by atoms with Crippen LogP contribution in [0, 0.1) is 11.7 Å². The Morgan fingerprint density at radius 1 is 1.39 bits per heavy atom. The Hall–Kier alpha value is -1.13. The van der Waals surface area contributed by atoms with Gasteiger partial charge in [-0.05, 0) is 68.5 Å². The van der Waals surface area contributed by atoms with Crippen molar-refractivity contribution in [2.75, 3.05) is 38.1 Å². The van der Waals surface area contributed by atoms with Crippen molar-refractivity contribution < 1.29 is 9.13 Å². The van der Waals surface area contributed by atoms with Gasteiger partial charge in [0.05, 0.1) is 6.10 Å². The Morgan fingerprint density at radius 3 is 2.96 bits per heavy atom. The van der Waals surface area contributed by atoms with Crippen LogP contribution in [-0.4, -0.2) is 43.8 Å². The number of likely N-dealkylation sites (tertiary alicyclic amines) is 1. The molecule has 3 aliphatic heterocycles. The Morgan fingerprint density at radius 2 is 2.22 bits per heavy atom. The molecule has 3 nitrogen and oxygen atoms in total. The van der Waals surface area contributed by atoms with E-state index in [1.807, 2.05) is 6.07 Å². The maximum atomic E-state index is 13.7. The molecule has 4 heteroatoms. The summed E-state index contributed by atoms with van der Waals surface area (Å²) in [6.07, 6.45) is 5.12. The van der Waals surface area contributed by atoms with E-state index in [0.717, 1.165) is 51.3 Å². The van der Waals surface area contributed by atoms with E-state index in [1.165, 1.54) is 18.4 Å². The summed E-state index contributed by atoms with van der Waals surface area (Å²) < 4.78 is 19.5. The van der Waals surface area contributed by atoms with E-state index < -0.39 is 0 Å². The van der Waals surface area contributed by atoms with Crippen LogP contribution in [0.2, 0.25) is 0 Å². The monoisotopic (exact) mass is 318 g/mol. The fourth-order valence-electron chi connectivity index (χ4n) is 4.65. The number of halogens is 1. The number of hydrogen-bond acceptors (Lipinski definition) is 3. The van der Waals surface area contributed by atoms with Gasteiger partial charge in [0.15, 0.2) is 0 Å². The number of anilines is 1. The number of ether oxygens (including phenoxy) is 1. The van der Waals surface area contributed by atoms with E-state index in [-0.39, 0.29) is 11.2 Å². The topological polar surface area (TPSA) is 24.5 Å². The summed E-state index contributed by atoms with van der Waals surface area (Å²) in [4.78, 5) is 2.58. The van der Waals surface area contributed by atoms with E-state index in [2.05, 4.69) is 17.1 Å². The van der Waals surface area contributed by atoms with Gasteiger partial charge in [-0.3, -0.25) is 0 Å². The number of piperidine rings is 1. The SMILES string of the molecule is C[C@H](CN1CCC2(CC1)CNc1ccc(F)cc12)[C@H]1CCCO1. The lowest BCUT2D eigenvalue weighted by atomic mass is 9.74. The second kappa shape index (κ2) is 6.06. The molecule has 0 aliphatic carbocycles. The smallest absolute Gasteiger partial charge is 0.123 e. The predicted octanol–water partition coefficient (Wildman–Crippen LogP) is 3.40. The summed E-state index contributed by atoms with van der Waals surface area (Å²) in [5.41, 5.74) is 2.47. The lowest BCUT2D eigenvalue weighted by Gasteiger charge is -2.40. The van der Waals surface area contributed by atoms with Crippen molar-refractivity contribution in [2.45, 2.75) is 44.1 Å². The molecule has 1 aromatic rings. The van der Waals surface area contributed by atoms with Crippen LogP contribution in [-0.2, 0) is 10.2 Å². The van der Waals surface area contributed by atoms with Crippen LogP contribution in [0.3, 0.4) is 0 Å². The van der Waals surface area contributed by atoms with Crippen LogP contribution in [0.5, 0.6) is 0 Å². The molecule has 0 unspecified atom stereocenters. The Balaban J connectivity index is 1.39. The van der Waals surface area contributed by atoms with Crippen LogP contribution in [0.1, 0.15) is 38.2 Å². The minimum Gasteiger partial charge on any atom is -0.384 e. The minimum absolute atomic E-state index is 0.110. The second-order valence-electron chi connectivity index (χ2n) is 7.65. The van der Waals surface area contributed by atoms with Crippen molar-refractivity contribution in [3.63, 3.8) is 0 Å². The average Bonchev–Trinajstić information content (AvgIpc) is 3.20. The zero-order valence-electron chi connectivity index (χ0n) is 14.0. The first-order valence-electron chi connectivity index (χ1n) is 9.04. The van der Waals surface area contributed by atoms with Gasteiger partial charge in [-0.1, -0.05) is 6.92 Å². The van der Waals surface area contributed by atoms with Crippen LogP contribution in [0.4, 0.5) is 10.1 Å². The van der Waals surface area contributed by atoms with E-state index in [1.54, 1.807) is 12.1 Å². The molecular formula is C19H27FN2O. The van der Waals surface area contributed by atoms with Crippen LogP contribution in [0.25, 0.3) is 0 Å². The molecule has 0 aromatic heterocycles. The summed E-state index contributed by atoms with van der Waals surface area (Å²) in [6.45, 7) is 7.56. The molecule has 4 rings (SSSR count). The van der Waals surface area contributed by atoms with Gasteiger partial charge in [0, 0.05) is 30.8 Å². The third-order valence-electron chi connectivity index (χ3n) is 6.13. The molecule has 0 bridgehead atoms. The van der Waals surface area contributed by atoms with Gasteiger partial charge in [0.1, 0.15) is 5.82 Å². The Bertz CT molecular complexity index is 562. The number of benzene rings is 1. The average molecular weight is 318 g/mol. The van der Waals surface area contributed by atoms with E-state index >= 15 is 0 Å². The second-order valence-corrected chi connectivity index (χ2v) is 7.65. The summed E-state index contributed by atoms with van der Waals surface area (Å²) in [6, 6.07) is 5.20. The molecule has 1 spiro atoms. The molecule has 1 aromatic carbocycles. The molecule has 126 valence electrons. The molecule has 2 atom stereocenters. The van der Waals surface area contributed by atoms with Gasteiger partial charge in [-0.15, -0.1) is 0 Å². The quantitative estimate of drug-likeness (QED) is 0.924. The van der Waals surface area contributed by atoms with E-state index in [0.29, 0.717) is 12.0 Å². The summed E-state index contributed by atoms with van der Waals surface area (Å²) in [5, 5.41) is 3.48. The van der Waals surface area contributed by atoms with Crippen molar-refractivity contribution >= 4 is 5.69 Å². The fourth-order valence-corrected chi connectivity index (χ4v) is 4.65. The van der Waals surface area contributed by atoms with Gasteiger partial charge in [-0.25, -0.2) is 4.39 Å². The first-order valence-corrected chi connectivity index (χ1v) is 9.04. The molecule has 0 radical (unpaired) electrons. The maximum Gasteiger partial charge on any atom is 0.123 e. The van der Waals surface area contributed by atoms with Crippen LogP contribution >= 0.6 is 0 Å². The van der Waals surface area contributed by atoms with Crippen LogP contribution < -0.4 is 5.32 Å². The molecule has 2 saturated heterocycles. The van der Waals surface area contributed by atoms with Crippen molar-refractivity contribution in [3.05, 3.63) is 29.6 Å². The minimum atomic E-state index is -0.110. The standard InChI is InChI=1S/C19H27FN2O/c1-14(18-3-2-10-23-18)12-22-8-6-19(7-9-22)13-21-17-5-4-15(20)11-16(17)19/h4-5,11,14,18,21H,2-3,6-10,12-13H2,1H3/t14-,18-/m1/s1. The molecule has 3 heterocycles. The highest BCUT2D eigenvalue weighted by Gasteiger charge is 2.41. The van der Waals surface area contributed by atoms with Gasteiger partial charge in [0.2, 0.25) is 0 Å². The molecule has 0 amide bonds. The number of fused-ring (bicyclic) bond motifs is 2. The highest BCUT2D eigenvalue weighted by atomic mass is 19.1. The van der Waals surface area contributed by atoms with Crippen molar-refractivity contribution in [1.29, 1.82) is 0 Å². The van der Waals surface area contributed by atoms with Gasteiger partial charge in [0.25, 0.3) is 0 Å². The molecule has 2 fully saturated rings. The molecule has 23 heavy (non-hydrogen) atoms. The van der Waals surface area contributed by atoms with E-state index in [4.69, 9.17) is 4.74 Å². The molecular weight excluding hydrogens is 291 g/mol. The summed E-state index contributed by atoms with van der Waals surface area (Å²) in [7, 11) is 0. The fraction of sp³-hybridized carbons (Fsp3) is 0.684. The van der Waals surface area contributed by atoms with Crippen molar-refractivity contribution in [2.24, 2.45) is 5.92 Å². The molecule has 3 aliphatic rings. The largest absolute Gasteiger partial charge is 0.384 e. The maximum absolute atomic E-state index is 13.7. The third kappa shape index (κ3) is 2.87. The number of nitrogens with zero attached hydrogens (tertiary/aromatic N) is 1. The Kier molecular flexibility index (Phi) is 4.06. The predicted molar refractivity (Wildman–Crippen MR) is 90.4 cm³/mol. The van der Waals surface area contributed by atoms with Crippen molar-refractivity contribution in [3.8, 4) is 0 Å². The van der Waals surface area contributed by atoms with Crippen molar-refractivity contribution in [1.82, 2.24) is 4.90 Å². The lowest BCUT2D eigenvalue weighted by molar-refractivity contribution is 0.0444. The number of rotatable bonds is 3. The normalized spacial score (nSPS) is 27.8. The molecule has 0 saturated carbocycles. The Labute approximate surface area is 138 Å². The highest BCUT2D eigenvalue weighted by Crippen LogP contribution is 2.44. The first kappa shape index (κ1) is 15.4. The summed E-state index contributed by atoms with van der Waals surface area (Å²) in [5.74, 6) is 0.499.